The number of pyridine rings is 1. The Hall–Kier alpha value is -2.41. The number of hydrogen-bond acceptors (Lipinski definition) is 4. The van der Waals surface area contributed by atoms with Crippen LogP contribution in [-0.2, 0) is 16.1 Å². The van der Waals surface area contributed by atoms with Gasteiger partial charge >= 0.3 is 0 Å². The minimum absolute atomic E-state index is 0.0369. The third-order valence-corrected chi connectivity index (χ3v) is 4.73. The second-order valence-electron chi connectivity index (χ2n) is 6.77. The van der Waals surface area contributed by atoms with E-state index in [1.165, 1.54) is 0 Å². The SMILES string of the molecule is CC(C)Oc1ccc(CNC(=O)C2CC(=O)N(c3cccc(Br)c3)C2)cn1. The van der Waals surface area contributed by atoms with Crippen LogP contribution in [0.15, 0.2) is 47.1 Å². The Morgan fingerprint density at radius 1 is 1.37 bits per heavy atom. The molecule has 1 fully saturated rings. The van der Waals surface area contributed by atoms with E-state index in [-0.39, 0.29) is 30.3 Å². The average molecular weight is 432 g/mol. The van der Waals surface area contributed by atoms with Gasteiger partial charge in [0.05, 0.1) is 12.0 Å². The summed E-state index contributed by atoms with van der Waals surface area (Å²) in [5.74, 6) is 0.0487. The number of carbonyl (C=O) groups is 2. The summed E-state index contributed by atoms with van der Waals surface area (Å²) < 4.78 is 6.41. The highest BCUT2D eigenvalue weighted by Gasteiger charge is 2.35. The highest BCUT2D eigenvalue weighted by molar-refractivity contribution is 9.10. The molecule has 3 rings (SSSR count). The van der Waals surface area contributed by atoms with E-state index < -0.39 is 0 Å². The zero-order valence-electron chi connectivity index (χ0n) is 15.3. The van der Waals surface area contributed by atoms with E-state index in [2.05, 4.69) is 26.2 Å². The number of aromatic nitrogens is 1. The van der Waals surface area contributed by atoms with Crippen molar-refractivity contribution in [2.45, 2.75) is 32.9 Å². The van der Waals surface area contributed by atoms with E-state index in [0.717, 1.165) is 15.7 Å². The predicted octanol–water partition coefficient (Wildman–Crippen LogP) is 3.30. The zero-order chi connectivity index (χ0) is 19.4. The Bertz CT molecular complexity index is 823. The van der Waals surface area contributed by atoms with Crippen LogP contribution in [0.3, 0.4) is 0 Å². The summed E-state index contributed by atoms with van der Waals surface area (Å²) in [5.41, 5.74) is 1.68. The molecule has 6 nitrogen and oxygen atoms in total. The molecule has 27 heavy (non-hydrogen) atoms. The normalized spacial score (nSPS) is 16.7. The molecule has 0 radical (unpaired) electrons. The summed E-state index contributed by atoms with van der Waals surface area (Å²) in [6.45, 7) is 4.64. The number of ether oxygens (including phenoxy) is 1. The standard InChI is InChI=1S/C20H22BrN3O3/c1-13(2)27-18-7-6-14(10-22-18)11-23-20(26)15-8-19(25)24(12-15)17-5-3-4-16(21)9-17/h3-7,9-10,13,15H,8,11-12H2,1-2H3,(H,23,26). The third kappa shape index (κ3) is 5.07. The van der Waals surface area contributed by atoms with Gasteiger partial charge < -0.3 is 15.0 Å². The van der Waals surface area contributed by atoms with Crippen molar-refractivity contribution in [2.75, 3.05) is 11.4 Å². The van der Waals surface area contributed by atoms with Crippen LogP contribution in [0.1, 0.15) is 25.8 Å². The molecule has 0 aliphatic carbocycles. The molecule has 1 N–H and O–H groups in total. The lowest BCUT2D eigenvalue weighted by Gasteiger charge is -2.17. The van der Waals surface area contributed by atoms with Gasteiger partial charge in [0, 0.05) is 41.9 Å². The summed E-state index contributed by atoms with van der Waals surface area (Å²) in [6.07, 6.45) is 1.97. The Labute approximate surface area is 167 Å². The Morgan fingerprint density at radius 3 is 2.85 bits per heavy atom. The van der Waals surface area contributed by atoms with Crippen molar-refractivity contribution >= 4 is 33.4 Å². The summed E-state index contributed by atoms with van der Waals surface area (Å²) >= 11 is 3.41. The fourth-order valence-electron chi connectivity index (χ4n) is 2.94. The van der Waals surface area contributed by atoms with Crippen LogP contribution in [0.5, 0.6) is 5.88 Å². The second kappa shape index (κ2) is 8.52. The minimum atomic E-state index is -0.354. The number of halogens is 1. The molecule has 2 heterocycles. The van der Waals surface area contributed by atoms with Gasteiger partial charge in [-0.1, -0.05) is 28.1 Å². The van der Waals surface area contributed by atoms with Crippen molar-refractivity contribution < 1.29 is 14.3 Å². The third-order valence-electron chi connectivity index (χ3n) is 4.24. The molecular formula is C20H22BrN3O3. The van der Waals surface area contributed by atoms with Gasteiger partial charge in [-0.15, -0.1) is 0 Å². The van der Waals surface area contributed by atoms with Crippen LogP contribution >= 0.6 is 15.9 Å². The van der Waals surface area contributed by atoms with Crippen molar-refractivity contribution in [2.24, 2.45) is 5.92 Å². The maximum atomic E-state index is 12.5. The van der Waals surface area contributed by atoms with Crippen LogP contribution in [0.2, 0.25) is 0 Å². The summed E-state index contributed by atoms with van der Waals surface area (Å²) in [4.78, 5) is 30.7. The van der Waals surface area contributed by atoms with Gasteiger partial charge in [0.2, 0.25) is 17.7 Å². The lowest BCUT2D eigenvalue weighted by molar-refractivity contribution is -0.126. The van der Waals surface area contributed by atoms with Crippen LogP contribution in [-0.4, -0.2) is 29.4 Å². The van der Waals surface area contributed by atoms with E-state index in [1.807, 2.05) is 44.2 Å². The van der Waals surface area contributed by atoms with Crippen molar-refractivity contribution in [1.29, 1.82) is 0 Å². The number of amides is 2. The smallest absolute Gasteiger partial charge is 0.227 e. The molecule has 1 aromatic carbocycles. The van der Waals surface area contributed by atoms with Gasteiger partial charge in [-0.2, -0.15) is 0 Å². The molecule has 0 spiro atoms. The van der Waals surface area contributed by atoms with Crippen LogP contribution < -0.4 is 15.0 Å². The van der Waals surface area contributed by atoms with Gasteiger partial charge in [-0.3, -0.25) is 9.59 Å². The van der Waals surface area contributed by atoms with Gasteiger partial charge in [-0.25, -0.2) is 4.98 Å². The molecule has 142 valence electrons. The quantitative estimate of drug-likeness (QED) is 0.761. The lowest BCUT2D eigenvalue weighted by atomic mass is 10.1. The van der Waals surface area contributed by atoms with E-state index in [4.69, 9.17) is 4.74 Å². The van der Waals surface area contributed by atoms with Crippen LogP contribution in [0.25, 0.3) is 0 Å². The molecule has 2 aromatic rings. The zero-order valence-corrected chi connectivity index (χ0v) is 16.9. The molecule has 1 aliphatic heterocycles. The number of nitrogens with zero attached hydrogens (tertiary/aromatic N) is 2. The first-order valence-electron chi connectivity index (χ1n) is 8.87. The molecule has 1 aromatic heterocycles. The molecule has 1 saturated heterocycles. The Morgan fingerprint density at radius 2 is 2.19 bits per heavy atom. The fourth-order valence-corrected chi connectivity index (χ4v) is 3.32. The van der Waals surface area contributed by atoms with E-state index in [0.29, 0.717) is 19.0 Å². The number of rotatable bonds is 6. The largest absolute Gasteiger partial charge is 0.475 e. The van der Waals surface area contributed by atoms with Crippen molar-refractivity contribution in [3.05, 3.63) is 52.6 Å². The number of hydrogen-bond donors (Lipinski definition) is 1. The van der Waals surface area contributed by atoms with E-state index in [1.54, 1.807) is 17.2 Å². The highest BCUT2D eigenvalue weighted by atomic mass is 79.9. The van der Waals surface area contributed by atoms with Crippen molar-refractivity contribution in [3.8, 4) is 5.88 Å². The molecule has 1 aliphatic rings. The summed E-state index contributed by atoms with van der Waals surface area (Å²) in [6, 6.07) is 11.2. The minimum Gasteiger partial charge on any atom is -0.475 e. The monoisotopic (exact) mass is 431 g/mol. The molecular weight excluding hydrogens is 410 g/mol. The van der Waals surface area contributed by atoms with Gasteiger partial charge in [-0.05, 0) is 37.6 Å². The predicted molar refractivity (Wildman–Crippen MR) is 106 cm³/mol. The summed E-state index contributed by atoms with van der Waals surface area (Å²) in [7, 11) is 0. The first-order chi connectivity index (χ1) is 12.9. The average Bonchev–Trinajstić information content (AvgIpc) is 3.02. The molecule has 0 bridgehead atoms. The topological polar surface area (TPSA) is 71.5 Å². The number of benzene rings is 1. The first kappa shape index (κ1) is 19.4. The molecule has 0 saturated carbocycles. The molecule has 7 heteroatoms. The van der Waals surface area contributed by atoms with Crippen LogP contribution in [0, 0.1) is 5.92 Å². The Balaban J connectivity index is 1.55. The highest BCUT2D eigenvalue weighted by Crippen LogP contribution is 2.27. The molecule has 1 atom stereocenters. The number of anilines is 1. The van der Waals surface area contributed by atoms with Gasteiger partial charge in [0.25, 0.3) is 0 Å². The molecule has 2 amide bonds. The maximum Gasteiger partial charge on any atom is 0.227 e. The number of carbonyl (C=O) groups excluding carboxylic acids is 2. The van der Waals surface area contributed by atoms with Crippen molar-refractivity contribution in [3.63, 3.8) is 0 Å². The van der Waals surface area contributed by atoms with Crippen LogP contribution in [0.4, 0.5) is 5.69 Å². The number of nitrogens with one attached hydrogen (secondary N) is 1. The Kier molecular flexibility index (Phi) is 6.11. The summed E-state index contributed by atoms with van der Waals surface area (Å²) in [5, 5.41) is 2.90. The van der Waals surface area contributed by atoms with E-state index >= 15 is 0 Å². The van der Waals surface area contributed by atoms with Gasteiger partial charge in [0.15, 0.2) is 0 Å². The lowest BCUT2D eigenvalue weighted by Crippen LogP contribution is -2.32. The first-order valence-corrected chi connectivity index (χ1v) is 9.67. The van der Waals surface area contributed by atoms with E-state index in [9.17, 15) is 9.59 Å². The second-order valence-corrected chi connectivity index (χ2v) is 7.69. The maximum absolute atomic E-state index is 12.5. The fraction of sp³-hybridized carbons (Fsp3) is 0.350. The van der Waals surface area contributed by atoms with Gasteiger partial charge in [0.1, 0.15) is 0 Å². The molecule has 1 unspecified atom stereocenters. The van der Waals surface area contributed by atoms with Crippen molar-refractivity contribution in [1.82, 2.24) is 10.3 Å².